The molecule has 0 aliphatic carbocycles. The molecular weight excluding hydrogens is 402 g/mol. The van der Waals surface area contributed by atoms with Gasteiger partial charge in [-0.25, -0.2) is 0 Å². The van der Waals surface area contributed by atoms with Gasteiger partial charge in [-0.2, -0.15) is 0 Å². The van der Waals surface area contributed by atoms with E-state index in [0.29, 0.717) is 0 Å². The third-order valence-electron chi connectivity index (χ3n) is 6.18. The lowest BCUT2D eigenvalue weighted by Crippen LogP contribution is -2.47. The first-order valence-corrected chi connectivity index (χ1v) is 11.8. The number of nitrogens with zero attached hydrogens (tertiary/aromatic N) is 2. The van der Waals surface area contributed by atoms with Gasteiger partial charge in [-0.3, -0.25) is 14.6 Å². The Kier molecular flexibility index (Phi) is 6.86. The van der Waals surface area contributed by atoms with Crippen LogP contribution in [0.3, 0.4) is 0 Å². The molecule has 5 heteroatoms. The number of nitrogens with one attached hydrogen (secondary N) is 1. The molecule has 3 aromatic rings. The number of amides is 1. The highest BCUT2D eigenvalue weighted by molar-refractivity contribution is 7.16. The number of piperazine rings is 1. The van der Waals surface area contributed by atoms with Crippen LogP contribution in [0.5, 0.6) is 0 Å². The molecular formula is C26H31N3OS. The van der Waals surface area contributed by atoms with E-state index >= 15 is 0 Å². The van der Waals surface area contributed by atoms with Crippen molar-refractivity contribution < 1.29 is 4.79 Å². The second-order valence-corrected chi connectivity index (χ2v) is 9.53. The van der Waals surface area contributed by atoms with Gasteiger partial charge in [-0.1, -0.05) is 60.7 Å². The Morgan fingerprint density at radius 1 is 0.935 bits per heavy atom. The zero-order valence-corrected chi connectivity index (χ0v) is 19.4. The number of thiophene rings is 1. The largest absolute Gasteiger partial charge is 0.318 e. The van der Waals surface area contributed by atoms with E-state index in [1.165, 1.54) is 27.1 Å². The third kappa shape index (κ3) is 5.06. The van der Waals surface area contributed by atoms with Crippen molar-refractivity contribution in [2.75, 3.05) is 31.5 Å². The number of rotatable bonds is 6. The van der Waals surface area contributed by atoms with E-state index in [4.69, 9.17) is 0 Å². The van der Waals surface area contributed by atoms with Gasteiger partial charge in [0, 0.05) is 50.1 Å². The summed E-state index contributed by atoms with van der Waals surface area (Å²) in [5, 5.41) is 4.05. The fraction of sp³-hybridized carbons (Fsp3) is 0.346. The molecule has 162 valence electrons. The lowest BCUT2D eigenvalue weighted by Gasteiger charge is -2.40. The number of carbonyl (C=O) groups excluding carboxylic acids is 1. The lowest BCUT2D eigenvalue weighted by atomic mass is 9.96. The topological polar surface area (TPSA) is 35.6 Å². The summed E-state index contributed by atoms with van der Waals surface area (Å²) in [6.45, 7) is 10.9. The number of hydrogen-bond donors (Lipinski definition) is 1. The average Bonchev–Trinajstić information content (AvgIpc) is 3.03. The zero-order chi connectivity index (χ0) is 21.8. The number of carbonyl (C=O) groups is 1. The van der Waals surface area contributed by atoms with Crippen LogP contribution in [-0.4, -0.2) is 41.9 Å². The fourth-order valence-corrected chi connectivity index (χ4v) is 5.53. The van der Waals surface area contributed by atoms with Crippen molar-refractivity contribution in [1.82, 2.24) is 9.80 Å². The smallest absolute Gasteiger partial charge is 0.221 e. The lowest BCUT2D eigenvalue weighted by molar-refractivity contribution is -0.114. The van der Waals surface area contributed by atoms with Crippen LogP contribution in [0.2, 0.25) is 0 Å². The minimum Gasteiger partial charge on any atom is -0.318 e. The van der Waals surface area contributed by atoms with Gasteiger partial charge in [0.1, 0.15) is 0 Å². The molecule has 0 saturated carbocycles. The van der Waals surface area contributed by atoms with Crippen LogP contribution in [0.15, 0.2) is 60.7 Å². The van der Waals surface area contributed by atoms with Gasteiger partial charge in [0.25, 0.3) is 0 Å². The molecule has 1 N–H and O–H groups in total. The van der Waals surface area contributed by atoms with E-state index in [-0.39, 0.29) is 11.9 Å². The highest BCUT2D eigenvalue weighted by Crippen LogP contribution is 2.34. The Labute approximate surface area is 189 Å². The van der Waals surface area contributed by atoms with Crippen LogP contribution in [0, 0.1) is 13.8 Å². The standard InChI is InChI=1S/C26H31N3OS/c1-19-20(2)31-26(27-21(3)30)24(19)18-28-14-16-29(17-15-28)25(22-10-6-4-7-11-22)23-12-8-5-9-13-23/h4-13,25H,14-18H2,1-3H3,(H,27,30). The van der Waals surface area contributed by atoms with Crippen molar-refractivity contribution in [1.29, 1.82) is 0 Å². The quantitative estimate of drug-likeness (QED) is 0.578. The maximum absolute atomic E-state index is 11.6. The zero-order valence-electron chi connectivity index (χ0n) is 18.6. The average molecular weight is 434 g/mol. The molecule has 1 saturated heterocycles. The molecule has 0 radical (unpaired) electrons. The van der Waals surface area contributed by atoms with Crippen molar-refractivity contribution in [2.24, 2.45) is 0 Å². The van der Waals surface area contributed by atoms with Crippen LogP contribution in [-0.2, 0) is 11.3 Å². The summed E-state index contributed by atoms with van der Waals surface area (Å²) in [4.78, 5) is 18.0. The van der Waals surface area contributed by atoms with Crippen LogP contribution in [0.1, 0.15) is 40.1 Å². The Bertz CT molecular complexity index is 968. The Morgan fingerprint density at radius 2 is 1.48 bits per heavy atom. The molecule has 1 amide bonds. The van der Waals surface area contributed by atoms with E-state index in [9.17, 15) is 4.79 Å². The maximum atomic E-state index is 11.6. The molecule has 0 atom stereocenters. The van der Waals surface area contributed by atoms with Gasteiger partial charge in [0.2, 0.25) is 5.91 Å². The molecule has 2 aromatic carbocycles. The molecule has 0 bridgehead atoms. The van der Waals surface area contributed by atoms with Crippen molar-refractivity contribution in [3.63, 3.8) is 0 Å². The molecule has 1 aliphatic heterocycles. The predicted molar refractivity (Wildman–Crippen MR) is 130 cm³/mol. The van der Waals surface area contributed by atoms with Gasteiger partial charge in [0.15, 0.2) is 0 Å². The first-order chi connectivity index (χ1) is 15.0. The van der Waals surface area contributed by atoms with Crippen LogP contribution in [0.4, 0.5) is 5.00 Å². The Hall–Kier alpha value is -2.47. The molecule has 4 nitrogen and oxygen atoms in total. The van der Waals surface area contributed by atoms with Gasteiger partial charge in [-0.15, -0.1) is 11.3 Å². The summed E-state index contributed by atoms with van der Waals surface area (Å²) in [7, 11) is 0. The normalized spacial score (nSPS) is 15.4. The molecule has 31 heavy (non-hydrogen) atoms. The van der Waals surface area contributed by atoms with Crippen LogP contribution >= 0.6 is 11.3 Å². The molecule has 4 rings (SSSR count). The molecule has 1 fully saturated rings. The van der Waals surface area contributed by atoms with Gasteiger partial charge < -0.3 is 5.32 Å². The van der Waals surface area contributed by atoms with E-state index in [0.717, 1.165) is 37.7 Å². The monoisotopic (exact) mass is 433 g/mol. The van der Waals surface area contributed by atoms with Gasteiger partial charge in [-0.05, 0) is 30.5 Å². The highest BCUT2D eigenvalue weighted by atomic mass is 32.1. The van der Waals surface area contributed by atoms with E-state index in [1.54, 1.807) is 18.3 Å². The number of hydrogen-bond acceptors (Lipinski definition) is 4. The number of benzene rings is 2. The molecule has 2 heterocycles. The summed E-state index contributed by atoms with van der Waals surface area (Å²) < 4.78 is 0. The van der Waals surface area contributed by atoms with E-state index in [2.05, 4.69) is 89.6 Å². The number of aryl methyl sites for hydroxylation is 1. The molecule has 0 unspecified atom stereocenters. The van der Waals surface area contributed by atoms with E-state index in [1.807, 2.05) is 0 Å². The minimum atomic E-state index is 0.000818. The first kappa shape index (κ1) is 21.8. The second-order valence-electron chi connectivity index (χ2n) is 8.31. The fourth-order valence-electron chi connectivity index (χ4n) is 4.41. The SMILES string of the molecule is CC(=O)Nc1sc(C)c(C)c1CN1CCN(C(c2ccccc2)c2ccccc2)CC1. The minimum absolute atomic E-state index is 0.000818. The van der Waals surface area contributed by atoms with E-state index < -0.39 is 0 Å². The van der Waals surface area contributed by atoms with Crippen molar-refractivity contribution >= 4 is 22.2 Å². The summed E-state index contributed by atoms with van der Waals surface area (Å²) in [6.07, 6.45) is 0. The summed E-state index contributed by atoms with van der Waals surface area (Å²) in [5.41, 5.74) is 5.27. The predicted octanol–water partition coefficient (Wildman–Crippen LogP) is 5.23. The van der Waals surface area contributed by atoms with Crippen LogP contribution < -0.4 is 5.32 Å². The number of anilines is 1. The van der Waals surface area contributed by atoms with Crippen LogP contribution in [0.25, 0.3) is 0 Å². The first-order valence-electron chi connectivity index (χ1n) is 11.0. The van der Waals surface area contributed by atoms with Crippen molar-refractivity contribution in [2.45, 2.75) is 33.4 Å². The van der Waals surface area contributed by atoms with Gasteiger partial charge in [0.05, 0.1) is 11.0 Å². The third-order valence-corrected chi connectivity index (χ3v) is 7.35. The molecule has 1 aromatic heterocycles. The highest BCUT2D eigenvalue weighted by Gasteiger charge is 2.27. The summed E-state index contributed by atoms with van der Waals surface area (Å²) >= 11 is 1.69. The van der Waals surface area contributed by atoms with Crippen molar-refractivity contribution in [3.8, 4) is 0 Å². The second kappa shape index (κ2) is 9.77. The Balaban J connectivity index is 1.48. The summed E-state index contributed by atoms with van der Waals surface area (Å²) in [5.74, 6) is 0.000818. The van der Waals surface area contributed by atoms with Gasteiger partial charge >= 0.3 is 0 Å². The Morgan fingerprint density at radius 3 is 2.00 bits per heavy atom. The molecule has 0 spiro atoms. The van der Waals surface area contributed by atoms with Crippen molar-refractivity contribution in [3.05, 3.63) is 87.8 Å². The molecule has 1 aliphatic rings. The maximum Gasteiger partial charge on any atom is 0.221 e. The summed E-state index contributed by atoms with van der Waals surface area (Å²) in [6, 6.07) is 21.9.